The molecular weight excluding hydrogens is 325 g/mol. The van der Waals surface area contributed by atoms with Gasteiger partial charge in [0.1, 0.15) is 0 Å². The van der Waals surface area contributed by atoms with E-state index >= 15 is 0 Å². The van der Waals surface area contributed by atoms with Crippen molar-refractivity contribution >= 4 is 15.8 Å². The fraction of sp³-hybridized carbons (Fsp3) is 0.167. The fourth-order valence-electron chi connectivity index (χ4n) is 1.87. The van der Waals surface area contributed by atoms with E-state index in [0.717, 1.165) is 17.2 Å². The number of alkyl halides is 3. The standard InChI is InChI=1S/C12H9F3N2O4S/c1-22(20,21)10-4-7(11(18)19)8(12(13,14)15)5-9(10)17-3-2-16-6-17/h2-6H,1H3,(H,18,19)/p-1. The number of aromatic nitrogens is 2. The van der Waals surface area contributed by atoms with Gasteiger partial charge in [-0.3, -0.25) is 0 Å². The minimum absolute atomic E-state index is 0.350. The second-order valence-corrected chi connectivity index (χ2v) is 6.38. The van der Waals surface area contributed by atoms with Crippen LogP contribution < -0.4 is 5.11 Å². The van der Waals surface area contributed by atoms with E-state index in [0.29, 0.717) is 12.1 Å². The lowest BCUT2D eigenvalue weighted by Gasteiger charge is -2.18. The highest BCUT2D eigenvalue weighted by Crippen LogP contribution is 2.35. The number of nitrogens with zero attached hydrogens (tertiary/aromatic N) is 2. The molecule has 1 aromatic carbocycles. The Balaban J connectivity index is 2.91. The van der Waals surface area contributed by atoms with E-state index in [4.69, 9.17) is 0 Å². The van der Waals surface area contributed by atoms with Gasteiger partial charge in [0.2, 0.25) is 0 Å². The normalized spacial score (nSPS) is 12.4. The fourth-order valence-corrected chi connectivity index (χ4v) is 2.75. The molecule has 0 bridgehead atoms. The maximum absolute atomic E-state index is 13.0. The first-order chi connectivity index (χ1) is 10.0. The number of carboxylic acid groups (broad SMARTS) is 1. The molecule has 1 heterocycles. The van der Waals surface area contributed by atoms with Crippen LogP contribution in [0.4, 0.5) is 13.2 Å². The van der Waals surface area contributed by atoms with Gasteiger partial charge < -0.3 is 14.5 Å². The first kappa shape index (κ1) is 16.0. The van der Waals surface area contributed by atoms with Crippen LogP contribution in [0.25, 0.3) is 5.69 Å². The molecule has 0 aliphatic heterocycles. The molecular formula is C12H8F3N2O4S-. The van der Waals surface area contributed by atoms with Gasteiger partial charge in [0.15, 0.2) is 9.84 Å². The lowest BCUT2D eigenvalue weighted by molar-refractivity contribution is -0.255. The summed E-state index contributed by atoms with van der Waals surface area (Å²) in [5, 5.41) is 10.9. The summed E-state index contributed by atoms with van der Waals surface area (Å²) in [5.74, 6) is -2.12. The molecule has 0 saturated heterocycles. The Morgan fingerprint density at radius 1 is 1.32 bits per heavy atom. The number of rotatable bonds is 3. The van der Waals surface area contributed by atoms with E-state index in [2.05, 4.69) is 4.98 Å². The molecule has 0 radical (unpaired) electrons. The molecule has 0 amide bonds. The Morgan fingerprint density at radius 2 is 1.95 bits per heavy atom. The average Bonchev–Trinajstić information content (AvgIpc) is 2.88. The molecule has 10 heteroatoms. The van der Waals surface area contributed by atoms with Crippen LogP contribution in [0.1, 0.15) is 15.9 Å². The summed E-state index contributed by atoms with van der Waals surface area (Å²) in [6.45, 7) is 0. The summed E-state index contributed by atoms with van der Waals surface area (Å²) in [7, 11) is -3.98. The smallest absolute Gasteiger partial charge is 0.417 e. The first-order valence-electron chi connectivity index (χ1n) is 5.67. The summed E-state index contributed by atoms with van der Waals surface area (Å²) in [6, 6.07) is 0.895. The van der Waals surface area contributed by atoms with Crippen molar-refractivity contribution in [2.45, 2.75) is 11.1 Å². The third-order valence-electron chi connectivity index (χ3n) is 2.81. The lowest BCUT2D eigenvalue weighted by Crippen LogP contribution is -2.27. The van der Waals surface area contributed by atoms with Crippen LogP contribution in [0, 0.1) is 0 Å². The summed E-state index contributed by atoms with van der Waals surface area (Å²) in [5.41, 5.74) is -3.09. The van der Waals surface area contributed by atoms with Gasteiger partial charge in [0.25, 0.3) is 0 Å². The van der Waals surface area contributed by atoms with E-state index in [-0.39, 0.29) is 5.69 Å². The number of benzene rings is 1. The molecule has 1 aromatic heterocycles. The van der Waals surface area contributed by atoms with E-state index in [1.807, 2.05) is 0 Å². The number of sulfone groups is 1. The number of hydrogen-bond donors (Lipinski definition) is 0. The highest BCUT2D eigenvalue weighted by Gasteiger charge is 2.35. The summed E-state index contributed by atoms with van der Waals surface area (Å²) < 4.78 is 63.5. The Labute approximate surface area is 122 Å². The zero-order valence-electron chi connectivity index (χ0n) is 11.0. The Hall–Kier alpha value is -2.36. The molecule has 0 N–H and O–H groups in total. The maximum atomic E-state index is 13.0. The summed E-state index contributed by atoms with van der Waals surface area (Å²) in [4.78, 5) is 14.0. The van der Waals surface area contributed by atoms with Crippen molar-refractivity contribution < 1.29 is 31.5 Å². The van der Waals surface area contributed by atoms with Crippen LogP contribution in [0.3, 0.4) is 0 Å². The van der Waals surface area contributed by atoms with Crippen LogP contribution in [0.5, 0.6) is 0 Å². The molecule has 2 aromatic rings. The van der Waals surface area contributed by atoms with Gasteiger partial charge in [0, 0.05) is 24.2 Å². The number of hydrogen-bond acceptors (Lipinski definition) is 5. The molecule has 0 saturated carbocycles. The zero-order chi connectivity index (χ0) is 16.7. The molecule has 0 fully saturated rings. The minimum Gasteiger partial charge on any atom is -0.545 e. The molecule has 0 unspecified atom stereocenters. The summed E-state index contributed by atoms with van der Waals surface area (Å²) in [6.07, 6.45) is -0.645. The van der Waals surface area contributed by atoms with E-state index in [9.17, 15) is 31.5 Å². The topological polar surface area (TPSA) is 92.1 Å². The van der Waals surface area contributed by atoms with Crippen molar-refractivity contribution in [1.82, 2.24) is 9.55 Å². The van der Waals surface area contributed by atoms with Crippen molar-refractivity contribution in [2.24, 2.45) is 0 Å². The molecule has 0 spiro atoms. The SMILES string of the molecule is CS(=O)(=O)c1cc(C(=O)[O-])c(C(F)(F)F)cc1-n1ccnc1. The van der Waals surface area contributed by atoms with Gasteiger partial charge in [-0.2, -0.15) is 13.2 Å². The second kappa shape index (κ2) is 5.13. The van der Waals surface area contributed by atoms with Gasteiger partial charge in [-0.15, -0.1) is 0 Å². The van der Waals surface area contributed by atoms with Crippen molar-refractivity contribution in [3.05, 3.63) is 42.0 Å². The van der Waals surface area contributed by atoms with Gasteiger partial charge in [0.05, 0.1) is 28.4 Å². The molecule has 0 aliphatic rings. The largest absolute Gasteiger partial charge is 0.545 e. The van der Waals surface area contributed by atoms with Gasteiger partial charge >= 0.3 is 6.18 Å². The predicted molar refractivity (Wildman–Crippen MR) is 66.0 cm³/mol. The predicted octanol–water partition coefficient (Wildman–Crippen LogP) is 0.658. The third-order valence-corrected chi connectivity index (χ3v) is 3.93. The van der Waals surface area contributed by atoms with Crippen molar-refractivity contribution in [2.75, 3.05) is 6.26 Å². The Bertz CT molecular complexity index is 827. The zero-order valence-corrected chi connectivity index (χ0v) is 11.8. The average molecular weight is 333 g/mol. The van der Waals surface area contributed by atoms with Crippen molar-refractivity contribution in [3.8, 4) is 5.69 Å². The number of imidazole rings is 1. The van der Waals surface area contributed by atoms with E-state index < -0.39 is 38.0 Å². The lowest BCUT2D eigenvalue weighted by atomic mass is 10.1. The molecule has 0 atom stereocenters. The monoisotopic (exact) mass is 333 g/mol. The van der Waals surface area contributed by atoms with Crippen LogP contribution in [0.15, 0.2) is 35.7 Å². The first-order valence-corrected chi connectivity index (χ1v) is 7.56. The second-order valence-electron chi connectivity index (χ2n) is 4.39. The van der Waals surface area contributed by atoms with Crippen molar-refractivity contribution in [1.29, 1.82) is 0 Å². The summed E-state index contributed by atoms with van der Waals surface area (Å²) >= 11 is 0. The van der Waals surface area contributed by atoms with Crippen molar-refractivity contribution in [3.63, 3.8) is 0 Å². The molecule has 0 aliphatic carbocycles. The molecule has 118 valence electrons. The van der Waals surface area contributed by atoms with Crippen LogP contribution in [-0.4, -0.2) is 30.2 Å². The van der Waals surface area contributed by atoms with Gasteiger partial charge in [-0.25, -0.2) is 13.4 Å². The highest BCUT2D eigenvalue weighted by molar-refractivity contribution is 7.90. The van der Waals surface area contributed by atoms with Crippen LogP contribution in [-0.2, 0) is 16.0 Å². The van der Waals surface area contributed by atoms with E-state index in [1.54, 1.807) is 0 Å². The third kappa shape index (κ3) is 2.96. The number of carbonyl (C=O) groups is 1. The number of aromatic carboxylic acids is 1. The number of halogens is 3. The van der Waals surface area contributed by atoms with E-state index in [1.165, 1.54) is 12.4 Å². The quantitative estimate of drug-likeness (QED) is 0.823. The Kier molecular flexibility index (Phi) is 3.73. The molecule has 2 rings (SSSR count). The van der Waals surface area contributed by atoms with Crippen LogP contribution in [0.2, 0.25) is 0 Å². The molecule has 22 heavy (non-hydrogen) atoms. The molecule has 6 nitrogen and oxygen atoms in total. The maximum Gasteiger partial charge on any atom is 0.417 e. The highest BCUT2D eigenvalue weighted by atomic mass is 32.2. The van der Waals surface area contributed by atoms with Gasteiger partial charge in [-0.05, 0) is 12.1 Å². The number of carboxylic acids is 1. The Morgan fingerprint density at radius 3 is 2.36 bits per heavy atom. The van der Waals surface area contributed by atoms with Crippen LogP contribution >= 0.6 is 0 Å². The minimum atomic E-state index is -4.99. The number of carbonyl (C=O) groups excluding carboxylic acids is 1. The van der Waals surface area contributed by atoms with Gasteiger partial charge in [-0.1, -0.05) is 0 Å².